The van der Waals surface area contributed by atoms with Crippen molar-refractivity contribution in [2.45, 2.75) is 115 Å². The maximum Gasteiger partial charge on any atom is 0.326 e. The van der Waals surface area contributed by atoms with Gasteiger partial charge in [-0.1, -0.05) is 60.1 Å². The van der Waals surface area contributed by atoms with Gasteiger partial charge in [-0.3, -0.25) is 9.59 Å². The van der Waals surface area contributed by atoms with Crippen molar-refractivity contribution < 1.29 is 40.9 Å². The second-order valence-electron chi connectivity index (χ2n) is 9.57. The lowest BCUT2D eigenvalue weighted by atomic mass is 10.1. The molecule has 0 heterocycles. The third kappa shape index (κ3) is 22.5. The summed E-state index contributed by atoms with van der Waals surface area (Å²) in [6.07, 6.45) is 13.5. The summed E-state index contributed by atoms with van der Waals surface area (Å²) in [6.45, 7) is 1.90. The fourth-order valence-electron chi connectivity index (χ4n) is 3.83. The molecule has 0 aromatic rings. The Kier molecular flexibility index (Phi) is 24.7. The average Bonchev–Trinajstić information content (AvgIpc) is 2.87. The van der Waals surface area contributed by atoms with Crippen molar-refractivity contribution >= 4 is 45.3 Å². The molecule has 2 amide bonds. The van der Waals surface area contributed by atoms with E-state index in [2.05, 4.69) is 22.1 Å². The molecule has 2 atom stereocenters. The molecule has 0 aliphatic rings. The standard InChI is InChI=1S/C26H50N4O6S2/c27-17-11-7-3-1-5-9-13-23(31)29-21(25(33)34)15-19-37-38-20-16-22(26(35)36)30-24(32)14-10-6-2-4-8-12-18-28/h21-22H,1-20,27-28H2,(H,29,31)(H,30,32)(H,33,34)(H,35,36)/p+1. The fourth-order valence-corrected chi connectivity index (χ4v) is 6.01. The van der Waals surface area contributed by atoms with Crippen LogP contribution in [0, 0.1) is 0 Å². The summed E-state index contributed by atoms with van der Waals surface area (Å²) < 4.78 is 0. The van der Waals surface area contributed by atoms with Gasteiger partial charge in [-0.25, -0.2) is 4.79 Å². The predicted molar refractivity (Wildman–Crippen MR) is 151 cm³/mol. The Morgan fingerprint density at radius 2 is 1.00 bits per heavy atom. The van der Waals surface area contributed by atoms with Crippen LogP contribution in [0.15, 0.2) is 0 Å². The number of carbonyl (C=O) groups excluding carboxylic acids is 3. The number of unbranched alkanes of at least 4 members (excludes halogenated alkanes) is 10. The second-order valence-corrected chi connectivity index (χ2v) is 12.3. The molecule has 0 aliphatic heterocycles. The van der Waals surface area contributed by atoms with Crippen LogP contribution in [0.5, 0.6) is 0 Å². The molecule has 0 aromatic carbocycles. The van der Waals surface area contributed by atoms with Gasteiger partial charge in [0.25, 0.3) is 0 Å². The highest BCUT2D eigenvalue weighted by Gasteiger charge is 2.19. The van der Waals surface area contributed by atoms with E-state index in [1.807, 2.05) is 0 Å². The van der Waals surface area contributed by atoms with Crippen LogP contribution in [-0.2, 0) is 19.2 Å². The Bertz CT molecular complexity index is 603. The van der Waals surface area contributed by atoms with Crippen molar-refractivity contribution in [1.82, 2.24) is 10.6 Å². The Hall–Kier alpha value is -1.50. The Morgan fingerprint density at radius 3 is 1.39 bits per heavy atom. The first-order valence-corrected chi connectivity index (χ1v) is 16.7. The minimum absolute atomic E-state index is 0.227. The lowest BCUT2D eigenvalue weighted by Crippen LogP contribution is -2.50. The number of carboxylic acid groups (broad SMARTS) is 2. The fraction of sp³-hybridized carbons (Fsp3) is 0.846. The first kappa shape index (κ1) is 36.5. The van der Waals surface area contributed by atoms with E-state index in [1.165, 1.54) is 21.6 Å². The predicted octanol–water partition coefficient (Wildman–Crippen LogP) is 0.897. The molecule has 10 nitrogen and oxygen atoms in total. The van der Waals surface area contributed by atoms with E-state index >= 15 is 0 Å². The van der Waals surface area contributed by atoms with Gasteiger partial charge in [-0.2, -0.15) is 0 Å². The van der Waals surface area contributed by atoms with E-state index in [-0.39, 0.29) is 24.7 Å². The number of amides is 2. The number of carbonyl (C=O) groups is 4. The summed E-state index contributed by atoms with van der Waals surface area (Å²) in [5, 5.41) is 26.0. The van der Waals surface area contributed by atoms with Crippen LogP contribution >= 0.6 is 21.6 Å². The third-order valence-electron chi connectivity index (χ3n) is 6.12. The topological polar surface area (TPSA) is 191 Å². The summed E-state index contributed by atoms with van der Waals surface area (Å²) in [4.78, 5) is 47.1. The van der Waals surface area contributed by atoms with Crippen LogP contribution in [0.1, 0.15) is 103 Å². The zero-order valence-electron chi connectivity index (χ0n) is 23.0. The Labute approximate surface area is 236 Å². The van der Waals surface area contributed by atoms with E-state index in [1.54, 1.807) is 0 Å². The molecule has 2 unspecified atom stereocenters. The molecule has 0 saturated heterocycles. The van der Waals surface area contributed by atoms with Gasteiger partial charge in [0.05, 0.1) is 25.1 Å². The number of hydrogen-bond acceptors (Lipinski definition) is 7. The molecule has 0 aromatic heterocycles. The molecule has 0 fully saturated rings. The first-order chi connectivity index (χ1) is 18.3. The Morgan fingerprint density at radius 1 is 0.632 bits per heavy atom. The van der Waals surface area contributed by atoms with Crippen molar-refractivity contribution in [3.63, 3.8) is 0 Å². The van der Waals surface area contributed by atoms with Crippen molar-refractivity contribution in [1.29, 1.82) is 0 Å². The van der Waals surface area contributed by atoms with Crippen LogP contribution in [-0.4, -0.2) is 65.5 Å². The molecular formula is C26H51N4O6S2+. The van der Waals surface area contributed by atoms with Crippen molar-refractivity contribution in [2.24, 2.45) is 0 Å². The SMILES string of the molecule is [NH3+]CCCCCCCCC(=O)NC(CCSSCCC(NC(=O)CCCCCCCC[NH3+])C(=O)O)C(=O)[O-]. The molecule has 0 spiro atoms. The maximum atomic E-state index is 12.1. The largest absolute Gasteiger partial charge is 0.548 e. The van der Waals surface area contributed by atoms with E-state index in [4.69, 9.17) is 0 Å². The summed E-state index contributed by atoms with van der Waals surface area (Å²) in [5.41, 5.74) is 7.63. The molecule has 0 bridgehead atoms. The van der Waals surface area contributed by atoms with Crippen LogP contribution < -0.4 is 27.2 Å². The maximum absolute atomic E-state index is 12.1. The molecule has 9 N–H and O–H groups in total. The third-order valence-corrected chi connectivity index (χ3v) is 8.60. The highest BCUT2D eigenvalue weighted by Crippen LogP contribution is 2.24. The molecule has 0 radical (unpaired) electrons. The van der Waals surface area contributed by atoms with Crippen LogP contribution in [0.3, 0.4) is 0 Å². The van der Waals surface area contributed by atoms with Crippen LogP contribution in [0.25, 0.3) is 0 Å². The van der Waals surface area contributed by atoms with Gasteiger partial charge in [-0.15, -0.1) is 0 Å². The van der Waals surface area contributed by atoms with Crippen molar-refractivity contribution in [3.05, 3.63) is 0 Å². The lowest BCUT2D eigenvalue weighted by Gasteiger charge is -2.19. The number of quaternary nitrogens is 2. The van der Waals surface area contributed by atoms with E-state index < -0.39 is 24.0 Å². The monoisotopic (exact) mass is 579 g/mol. The number of carboxylic acids is 2. The normalized spacial score (nSPS) is 12.6. The number of hydrogen-bond donors (Lipinski definition) is 5. The molecule has 12 heteroatoms. The molecule has 0 aliphatic carbocycles. The number of aliphatic carboxylic acids is 2. The quantitative estimate of drug-likeness (QED) is 0.0700. The number of nitrogens with one attached hydrogen (secondary N) is 2. The minimum atomic E-state index is -1.30. The van der Waals surface area contributed by atoms with Gasteiger partial charge in [0.15, 0.2) is 0 Å². The summed E-state index contributed by atoms with van der Waals surface area (Å²) in [7, 11) is 2.84. The first-order valence-electron chi connectivity index (χ1n) is 14.2. The lowest BCUT2D eigenvalue weighted by molar-refractivity contribution is -0.368. The van der Waals surface area contributed by atoms with E-state index in [0.717, 1.165) is 90.1 Å². The Balaban J connectivity index is 4.03. The summed E-state index contributed by atoms with van der Waals surface area (Å²) in [5.74, 6) is -1.92. The molecule has 222 valence electrons. The van der Waals surface area contributed by atoms with E-state index in [9.17, 15) is 29.4 Å². The van der Waals surface area contributed by atoms with Crippen LogP contribution in [0.2, 0.25) is 0 Å². The summed E-state index contributed by atoms with van der Waals surface area (Å²) >= 11 is 0. The number of rotatable bonds is 27. The van der Waals surface area contributed by atoms with Gasteiger partial charge >= 0.3 is 5.97 Å². The van der Waals surface area contributed by atoms with Gasteiger partial charge in [-0.05, 0) is 51.4 Å². The van der Waals surface area contributed by atoms with Gasteiger partial charge in [0.2, 0.25) is 11.8 Å². The highest BCUT2D eigenvalue weighted by atomic mass is 33.1. The zero-order valence-corrected chi connectivity index (χ0v) is 24.6. The van der Waals surface area contributed by atoms with Crippen LogP contribution in [0.4, 0.5) is 0 Å². The van der Waals surface area contributed by atoms with E-state index in [0.29, 0.717) is 24.3 Å². The molecular weight excluding hydrogens is 528 g/mol. The van der Waals surface area contributed by atoms with Crippen molar-refractivity contribution in [3.8, 4) is 0 Å². The molecule has 0 rings (SSSR count). The molecule has 38 heavy (non-hydrogen) atoms. The van der Waals surface area contributed by atoms with Gasteiger partial charge < -0.3 is 37.1 Å². The van der Waals surface area contributed by atoms with Gasteiger partial charge in [0.1, 0.15) is 6.04 Å². The highest BCUT2D eigenvalue weighted by molar-refractivity contribution is 8.76. The molecule has 0 saturated carbocycles. The smallest absolute Gasteiger partial charge is 0.326 e. The summed E-state index contributed by atoms with van der Waals surface area (Å²) in [6, 6.07) is -1.98. The minimum Gasteiger partial charge on any atom is -0.548 e. The van der Waals surface area contributed by atoms with Crippen molar-refractivity contribution in [2.75, 3.05) is 24.6 Å². The van der Waals surface area contributed by atoms with Gasteiger partial charge in [0, 0.05) is 24.3 Å². The average molecular weight is 580 g/mol. The second kappa shape index (κ2) is 25.8. The zero-order chi connectivity index (χ0) is 28.4.